The van der Waals surface area contributed by atoms with Crippen molar-refractivity contribution in [1.82, 2.24) is 0 Å². The van der Waals surface area contributed by atoms with Gasteiger partial charge in [0.25, 0.3) is 0 Å². The van der Waals surface area contributed by atoms with E-state index < -0.39 is 0 Å². The van der Waals surface area contributed by atoms with Crippen molar-refractivity contribution < 1.29 is 0 Å². The van der Waals surface area contributed by atoms with E-state index in [2.05, 4.69) is 90.9 Å². The summed E-state index contributed by atoms with van der Waals surface area (Å²) in [5.41, 5.74) is 9.18. The molecule has 1 nitrogen and oxygen atoms in total. The Balaban J connectivity index is 2.46. The fourth-order valence-corrected chi connectivity index (χ4v) is 2.96. The summed E-state index contributed by atoms with van der Waals surface area (Å²) in [6.45, 7) is 10.8. The van der Waals surface area contributed by atoms with E-state index in [1.54, 1.807) is 0 Å². The third-order valence-electron chi connectivity index (χ3n) is 3.74. The van der Waals surface area contributed by atoms with Crippen LogP contribution in [0, 0.1) is 34.6 Å². The molecule has 0 aliphatic carbocycles. The zero-order chi connectivity index (χ0) is 14.2. The van der Waals surface area contributed by atoms with E-state index in [1.807, 2.05) is 0 Å². The van der Waals surface area contributed by atoms with Crippen LogP contribution in [0.3, 0.4) is 0 Å². The van der Waals surface area contributed by atoms with Crippen molar-refractivity contribution in [3.63, 3.8) is 0 Å². The number of hydrogen-bond donors (Lipinski definition) is 0. The molecule has 100 valence electrons. The molecule has 0 heterocycles. The van der Waals surface area contributed by atoms with Crippen LogP contribution in [-0.4, -0.2) is 0 Å². The number of aryl methyl sites for hydroxylation is 5. The number of anilines is 2. The van der Waals surface area contributed by atoms with Gasteiger partial charge in [-0.3, -0.25) is 3.11 Å². The minimum Gasteiger partial charge on any atom is -0.283 e. The Morgan fingerprint density at radius 2 is 1.26 bits per heavy atom. The number of benzene rings is 2. The summed E-state index contributed by atoms with van der Waals surface area (Å²) in [4.78, 5) is 0. The molecule has 0 amide bonds. The molecule has 0 bridgehead atoms. The maximum Gasteiger partial charge on any atom is 0.0646 e. The molecule has 19 heavy (non-hydrogen) atoms. The van der Waals surface area contributed by atoms with Gasteiger partial charge in [-0.25, -0.2) is 0 Å². The highest BCUT2D eigenvalue weighted by Gasteiger charge is 2.11. The molecule has 0 aromatic heterocycles. The van der Waals surface area contributed by atoms with Gasteiger partial charge >= 0.3 is 0 Å². The Kier molecular flexibility index (Phi) is 4.19. The van der Waals surface area contributed by atoms with Crippen molar-refractivity contribution in [1.29, 1.82) is 0 Å². The summed E-state index contributed by atoms with van der Waals surface area (Å²) in [5, 5.41) is 0. The van der Waals surface area contributed by atoms with Gasteiger partial charge in [0.1, 0.15) is 0 Å². The molecule has 2 aromatic rings. The van der Waals surface area contributed by atoms with E-state index >= 15 is 0 Å². The highest BCUT2D eigenvalue weighted by Crippen LogP contribution is 2.34. The van der Waals surface area contributed by atoms with Gasteiger partial charge < -0.3 is 0 Å². The van der Waals surface area contributed by atoms with Crippen LogP contribution in [-0.2, 0) is 0 Å². The van der Waals surface area contributed by atoms with Crippen LogP contribution < -0.4 is 3.11 Å². The summed E-state index contributed by atoms with van der Waals surface area (Å²) in [5.74, 6) is 0. The summed E-state index contributed by atoms with van der Waals surface area (Å²) in [6.07, 6.45) is 0. The van der Waals surface area contributed by atoms with Gasteiger partial charge in [-0.15, -0.1) is 0 Å². The molecular formula is C17H20IN. The average molecular weight is 365 g/mol. The first kappa shape index (κ1) is 14.4. The largest absolute Gasteiger partial charge is 0.283 e. The first-order valence-corrected chi connectivity index (χ1v) is 7.47. The number of nitrogens with zero attached hydrogens (tertiary/aromatic N) is 1. The zero-order valence-electron chi connectivity index (χ0n) is 12.2. The van der Waals surface area contributed by atoms with Crippen LogP contribution in [0.25, 0.3) is 0 Å². The maximum atomic E-state index is 2.39. The van der Waals surface area contributed by atoms with Crippen molar-refractivity contribution in [2.24, 2.45) is 0 Å². The topological polar surface area (TPSA) is 3.24 Å². The SMILES string of the molecule is Cc1ccc(N(I)c2cc(C)c(C)cc2C)cc1C. The third-order valence-corrected chi connectivity index (χ3v) is 4.82. The molecule has 0 aliphatic rings. The molecule has 2 heteroatoms. The standard InChI is InChI=1S/C17H20IN/c1-11-6-7-16(9-13(11)3)19(18)17-10-14(4)12(2)8-15(17)5/h6-10H,1-5H3. The molecule has 2 rings (SSSR count). The molecular weight excluding hydrogens is 345 g/mol. The minimum absolute atomic E-state index is 1.23. The van der Waals surface area contributed by atoms with Crippen molar-refractivity contribution in [3.8, 4) is 0 Å². The van der Waals surface area contributed by atoms with E-state index in [-0.39, 0.29) is 0 Å². The fraction of sp³-hybridized carbons (Fsp3) is 0.294. The lowest BCUT2D eigenvalue weighted by Gasteiger charge is -2.21. The summed E-state index contributed by atoms with van der Waals surface area (Å²) in [6, 6.07) is 11.1. The second-order valence-corrected chi connectivity index (χ2v) is 6.24. The van der Waals surface area contributed by atoms with Gasteiger partial charge in [0.2, 0.25) is 0 Å². The van der Waals surface area contributed by atoms with E-state index in [0.29, 0.717) is 0 Å². The van der Waals surface area contributed by atoms with Gasteiger partial charge in [0.05, 0.1) is 34.2 Å². The van der Waals surface area contributed by atoms with E-state index in [0.717, 1.165) is 0 Å². The average Bonchev–Trinajstić information content (AvgIpc) is 2.36. The van der Waals surface area contributed by atoms with Gasteiger partial charge in [0, 0.05) is 0 Å². The Morgan fingerprint density at radius 1 is 0.684 bits per heavy atom. The second kappa shape index (κ2) is 5.53. The van der Waals surface area contributed by atoms with Gasteiger partial charge in [-0.05, 0) is 80.6 Å². The summed E-state index contributed by atoms with van der Waals surface area (Å²) < 4.78 is 2.24. The predicted molar refractivity (Wildman–Crippen MR) is 92.7 cm³/mol. The first-order chi connectivity index (χ1) is 8.90. The Hall–Kier alpha value is -1.03. The number of rotatable bonds is 2. The normalized spacial score (nSPS) is 10.6. The Labute approximate surface area is 130 Å². The third kappa shape index (κ3) is 2.94. The van der Waals surface area contributed by atoms with Crippen LogP contribution in [0.15, 0.2) is 30.3 Å². The van der Waals surface area contributed by atoms with Crippen LogP contribution >= 0.6 is 22.9 Å². The minimum atomic E-state index is 1.23. The Morgan fingerprint density at radius 3 is 1.89 bits per heavy atom. The van der Waals surface area contributed by atoms with Gasteiger partial charge in [-0.2, -0.15) is 0 Å². The van der Waals surface area contributed by atoms with Crippen molar-refractivity contribution in [2.45, 2.75) is 34.6 Å². The smallest absolute Gasteiger partial charge is 0.0646 e. The molecule has 0 atom stereocenters. The number of hydrogen-bond acceptors (Lipinski definition) is 1. The van der Waals surface area contributed by atoms with Crippen molar-refractivity contribution in [2.75, 3.05) is 3.11 Å². The van der Waals surface area contributed by atoms with Gasteiger partial charge in [0.15, 0.2) is 0 Å². The lowest BCUT2D eigenvalue weighted by molar-refractivity contribution is 1.27. The Bertz CT molecular complexity index is 617. The number of halogens is 1. The lowest BCUT2D eigenvalue weighted by Crippen LogP contribution is -2.04. The highest BCUT2D eigenvalue weighted by molar-refractivity contribution is 14.1. The van der Waals surface area contributed by atoms with Gasteiger partial charge in [-0.1, -0.05) is 12.1 Å². The van der Waals surface area contributed by atoms with Crippen LogP contribution in [0.5, 0.6) is 0 Å². The second-order valence-electron chi connectivity index (χ2n) is 5.27. The quantitative estimate of drug-likeness (QED) is 0.486. The molecule has 0 saturated heterocycles. The maximum absolute atomic E-state index is 2.39. The van der Waals surface area contributed by atoms with Crippen molar-refractivity contribution >= 4 is 34.2 Å². The highest BCUT2D eigenvalue weighted by atomic mass is 127. The lowest BCUT2D eigenvalue weighted by atomic mass is 10.0. The molecule has 2 aromatic carbocycles. The summed E-state index contributed by atoms with van der Waals surface area (Å²) in [7, 11) is 0. The molecule has 0 N–H and O–H groups in total. The molecule has 0 aliphatic heterocycles. The van der Waals surface area contributed by atoms with E-state index in [9.17, 15) is 0 Å². The fourth-order valence-electron chi connectivity index (χ4n) is 2.14. The van der Waals surface area contributed by atoms with E-state index in [1.165, 1.54) is 39.2 Å². The monoisotopic (exact) mass is 365 g/mol. The molecule has 0 spiro atoms. The molecule has 0 fully saturated rings. The van der Waals surface area contributed by atoms with Crippen LogP contribution in [0.2, 0.25) is 0 Å². The van der Waals surface area contributed by atoms with E-state index in [4.69, 9.17) is 0 Å². The zero-order valence-corrected chi connectivity index (χ0v) is 14.4. The molecule has 0 saturated carbocycles. The van der Waals surface area contributed by atoms with Crippen LogP contribution in [0.1, 0.15) is 27.8 Å². The molecule has 0 unspecified atom stereocenters. The predicted octanol–water partition coefficient (Wildman–Crippen LogP) is 5.72. The summed E-state index contributed by atoms with van der Waals surface area (Å²) >= 11 is 2.39. The van der Waals surface area contributed by atoms with Crippen LogP contribution in [0.4, 0.5) is 11.4 Å². The first-order valence-electron chi connectivity index (χ1n) is 6.51. The molecule has 0 radical (unpaired) electrons. The van der Waals surface area contributed by atoms with Crippen molar-refractivity contribution in [3.05, 3.63) is 58.1 Å².